The molecule has 8 nitrogen and oxygen atoms in total. The van der Waals surface area contributed by atoms with Crippen LogP contribution >= 0.6 is 0 Å². The van der Waals surface area contributed by atoms with Crippen LogP contribution in [0, 0.1) is 0 Å². The van der Waals surface area contributed by atoms with Gasteiger partial charge in [-0.15, -0.1) is 0 Å². The second-order valence-corrected chi connectivity index (χ2v) is 8.74. The minimum atomic E-state index is 0.429. The first kappa shape index (κ1) is 19.6. The number of hydrogen-bond donors (Lipinski definition) is 2. The Morgan fingerprint density at radius 2 is 1.88 bits per heavy atom. The highest BCUT2D eigenvalue weighted by Gasteiger charge is 2.27. The number of morpholine rings is 1. The minimum Gasteiger partial charge on any atom is -0.379 e. The normalized spacial score (nSPS) is 22.4. The third kappa shape index (κ3) is 3.69. The lowest BCUT2D eigenvalue weighted by Crippen LogP contribution is -2.46. The fourth-order valence-corrected chi connectivity index (χ4v) is 5.17. The van der Waals surface area contributed by atoms with Crippen molar-refractivity contribution in [3.8, 4) is 11.1 Å². The summed E-state index contributed by atoms with van der Waals surface area (Å²) in [5.41, 5.74) is 3.99. The molecule has 2 fully saturated rings. The molecule has 6 rings (SSSR count). The van der Waals surface area contributed by atoms with Gasteiger partial charge in [0.2, 0.25) is 0 Å². The molecule has 0 radical (unpaired) electrons. The maximum atomic E-state index is 5.52. The van der Waals surface area contributed by atoms with E-state index in [2.05, 4.69) is 47.3 Å². The lowest BCUT2D eigenvalue weighted by molar-refractivity contribution is 0.00791. The van der Waals surface area contributed by atoms with E-state index < -0.39 is 0 Å². The highest BCUT2D eigenvalue weighted by molar-refractivity contribution is 6.02. The number of H-pyrrole nitrogens is 1. The lowest BCUT2D eigenvalue weighted by Gasteiger charge is -2.39. The molecule has 1 saturated heterocycles. The number of fused-ring (bicyclic) bond motifs is 2. The summed E-state index contributed by atoms with van der Waals surface area (Å²) in [5.74, 6) is 0.908. The van der Waals surface area contributed by atoms with Crippen LogP contribution in [0.25, 0.3) is 33.1 Å². The number of aromatic amines is 1. The maximum Gasteiger partial charge on any atom is 0.143 e. The Bertz CT molecular complexity index is 1230. The van der Waals surface area contributed by atoms with Crippen LogP contribution in [0.3, 0.4) is 0 Å². The van der Waals surface area contributed by atoms with Crippen molar-refractivity contribution in [1.29, 1.82) is 0 Å². The Morgan fingerprint density at radius 3 is 2.75 bits per heavy atom. The van der Waals surface area contributed by atoms with Crippen molar-refractivity contribution in [1.82, 2.24) is 29.8 Å². The topological polar surface area (TPSA) is 91.8 Å². The Hall–Kier alpha value is -3.10. The number of anilines is 1. The molecule has 0 amide bonds. The zero-order valence-electron chi connectivity index (χ0n) is 18.0. The third-order valence-corrected chi connectivity index (χ3v) is 6.89. The van der Waals surface area contributed by atoms with Gasteiger partial charge >= 0.3 is 0 Å². The molecule has 1 saturated carbocycles. The molecule has 4 aromatic rings. The van der Waals surface area contributed by atoms with E-state index >= 15 is 0 Å². The molecule has 2 N–H and O–H groups in total. The van der Waals surface area contributed by atoms with Crippen LogP contribution in [0.5, 0.6) is 0 Å². The smallest absolute Gasteiger partial charge is 0.143 e. The van der Waals surface area contributed by atoms with Crippen LogP contribution < -0.4 is 5.32 Å². The van der Waals surface area contributed by atoms with Crippen LogP contribution in [-0.2, 0) is 4.74 Å². The molecular weight excluding hydrogens is 402 g/mol. The molecule has 32 heavy (non-hydrogen) atoms. The van der Waals surface area contributed by atoms with Crippen LogP contribution in [0.1, 0.15) is 25.7 Å². The van der Waals surface area contributed by atoms with Gasteiger partial charge in [0, 0.05) is 48.5 Å². The number of benzene rings is 1. The zero-order chi connectivity index (χ0) is 21.3. The van der Waals surface area contributed by atoms with E-state index in [1.165, 1.54) is 12.8 Å². The van der Waals surface area contributed by atoms with Crippen molar-refractivity contribution in [3.05, 3.63) is 43.2 Å². The summed E-state index contributed by atoms with van der Waals surface area (Å²) in [6.45, 7) is 3.88. The monoisotopic (exact) mass is 429 g/mol. The predicted molar refractivity (Wildman–Crippen MR) is 124 cm³/mol. The van der Waals surface area contributed by atoms with Crippen molar-refractivity contribution in [2.45, 2.75) is 37.8 Å². The molecule has 3 aromatic heterocycles. The Morgan fingerprint density at radius 1 is 1.00 bits per heavy atom. The van der Waals surface area contributed by atoms with Gasteiger partial charge in [0.15, 0.2) is 0 Å². The average Bonchev–Trinajstić information content (AvgIpc) is 3.30. The number of nitrogens with one attached hydrogen (secondary N) is 2. The summed E-state index contributed by atoms with van der Waals surface area (Å²) in [5, 5.41) is 5.80. The quantitative estimate of drug-likeness (QED) is 0.512. The fraction of sp³-hybridized carbons (Fsp3) is 0.417. The second-order valence-electron chi connectivity index (χ2n) is 8.74. The minimum absolute atomic E-state index is 0.429. The van der Waals surface area contributed by atoms with Crippen LogP contribution in [0.4, 0.5) is 5.82 Å². The predicted octanol–water partition coefficient (Wildman–Crippen LogP) is 3.62. The van der Waals surface area contributed by atoms with Crippen molar-refractivity contribution in [2.24, 2.45) is 0 Å². The average molecular weight is 430 g/mol. The summed E-state index contributed by atoms with van der Waals surface area (Å²) in [7, 11) is 0. The van der Waals surface area contributed by atoms with Crippen LogP contribution in [-0.4, -0.2) is 68.2 Å². The molecule has 0 unspecified atom stereocenters. The zero-order valence-corrected chi connectivity index (χ0v) is 18.0. The van der Waals surface area contributed by atoms with E-state index in [1.54, 1.807) is 12.7 Å². The lowest BCUT2D eigenvalue weighted by atomic mass is 9.90. The van der Waals surface area contributed by atoms with Gasteiger partial charge in [0.05, 0.1) is 24.1 Å². The molecule has 1 aliphatic heterocycles. The standard InChI is InChI=1S/C24H27N7O/c1-6-21-17(12-25-14-27-21)11-16(1)20-13-26-23-22(20)24(29-15-28-23)30-18-2-4-19(5-3-18)31-7-9-32-10-8-31/h1,6,11-15,18-19H,2-5,7-10H2,(H2,26,28,29,30). The molecule has 2 aliphatic rings. The highest BCUT2D eigenvalue weighted by Crippen LogP contribution is 2.34. The van der Waals surface area contributed by atoms with E-state index in [0.29, 0.717) is 12.1 Å². The number of aromatic nitrogens is 5. The highest BCUT2D eigenvalue weighted by atomic mass is 16.5. The van der Waals surface area contributed by atoms with E-state index in [1.807, 2.05) is 18.5 Å². The van der Waals surface area contributed by atoms with Gasteiger partial charge in [-0.1, -0.05) is 6.07 Å². The number of rotatable bonds is 4. The summed E-state index contributed by atoms with van der Waals surface area (Å²) >= 11 is 0. The van der Waals surface area contributed by atoms with E-state index in [9.17, 15) is 0 Å². The van der Waals surface area contributed by atoms with Gasteiger partial charge in [0.1, 0.15) is 24.1 Å². The molecule has 0 spiro atoms. The van der Waals surface area contributed by atoms with E-state index in [4.69, 9.17) is 4.74 Å². The van der Waals surface area contributed by atoms with E-state index in [0.717, 1.165) is 78.0 Å². The first-order chi connectivity index (χ1) is 15.8. The van der Waals surface area contributed by atoms with Gasteiger partial charge in [-0.25, -0.2) is 19.9 Å². The van der Waals surface area contributed by atoms with Gasteiger partial charge in [0.25, 0.3) is 0 Å². The molecule has 1 aliphatic carbocycles. The van der Waals surface area contributed by atoms with Crippen molar-refractivity contribution in [2.75, 3.05) is 31.6 Å². The molecule has 1 aromatic carbocycles. The van der Waals surface area contributed by atoms with Crippen molar-refractivity contribution in [3.63, 3.8) is 0 Å². The van der Waals surface area contributed by atoms with Crippen LogP contribution in [0.15, 0.2) is 43.2 Å². The van der Waals surface area contributed by atoms with E-state index in [-0.39, 0.29) is 0 Å². The SMILES string of the molecule is c1ncc2cc(-c3c[nH]c4ncnc(NC5CCC(N6CCOCC6)CC5)c34)ccc2n1. The summed E-state index contributed by atoms with van der Waals surface area (Å²) < 4.78 is 5.52. The second kappa shape index (κ2) is 8.44. The van der Waals surface area contributed by atoms with Gasteiger partial charge < -0.3 is 15.0 Å². The summed E-state index contributed by atoms with van der Waals surface area (Å²) in [6.07, 6.45) is 11.8. The first-order valence-corrected chi connectivity index (χ1v) is 11.5. The van der Waals surface area contributed by atoms with Gasteiger partial charge in [-0.2, -0.15) is 0 Å². The van der Waals surface area contributed by atoms with Gasteiger partial charge in [-0.3, -0.25) is 4.90 Å². The maximum absolute atomic E-state index is 5.52. The molecular formula is C24H27N7O. The van der Waals surface area contributed by atoms with Crippen LogP contribution in [0.2, 0.25) is 0 Å². The summed E-state index contributed by atoms with van der Waals surface area (Å²) in [4.78, 5) is 23.5. The molecule has 4 heterocycles. The Labute approximate surface area is 186 Å². The molecule has 164 valence electrons. The summed E-state index contributed by atoms with van der Waals surface area (Å²) in [6, 6.07) is 7.38. The third-order valence-electron chi connectivity index (χ3n) is 6.89. The van der Waals surface area contributed by atoms with Crippen molar-refractivity contribution >= 4 is 27.8 Å². The Balaban J connectivity index is 1.25. The largest absolute Gasteiger partial charge is 0.379 e. The number of ether oxygens (including phenoxy) is 1. The molecule has 0 atom stereocenters. The van der Waals surface area contributed by atoms with Crippen molar-refractivity contribution < 1.29 is 4.74 Å². The fourth-order valence-electron chi connectivity index (χ4n) is 5.17. The molecule has 0 bridgehead atoms. The first-order valence-electron chi connectivity index (χ1n) is 11.5. The number of nitrogens with zero attached hydrogens (tertiary/aromatic N) is 5. The number of hydrogen-bond acceptors (Lipinski definition) is 7. The Kier molecular flexibility index (Phi) is 5.16. The van der Waals surface area contributed by atoms with Gasteiger partial charge in [-0.05, 0) is 43.4 Å². The molecule has 8 heteroatoms.